The van der Waals surface area contributed by atoms with Gasteiger partial charge in [-0.1, -0.05) is 68.4 Å². The summed E-state index contributed by atoms with van der Waals surface area (Å²) in [6.45, 7) is 4.80. The van der Waals surface area contributed by atoms with Gasteiger partial charge in [-0.05, 0) is 51.4 Å². The van der Waals surface area contributed by atoms with E-state index in [0.29, 0.717) is 12.5 Å². The van der Waals surface area contributed by atoms with Gasteiger partial charge in [-0.3, -0.25) is 0 Å². The van der Waals surface area contributed by atoms with Crippen LogP contribution in [0.4, 0.5) is 0 Å². The fourth-order valence-corrected chi connectivity index (χ4v) is 4.06. The molecular weight excluding hydrogens is 320 g/mol. The number of ether oxygens (including phenoxy) is 1. The average Bonchev–Trinajstić information content (AvgIpc) is 3.00. The van der Waals surface area contributed by atoms with E-state index in [-0.39, 0.29) is 12.5 Å². The zero-order valence-electron chi connectivity index (χ0n) is 15.3. The summed E-state index contributed by atoms with van der Waals surface area (Å²) in [5.74, 6) is 1.47. The normalized spacial score (nSPS) is 12.9. The highest BCUT2D eigenvalue weighted by molar-refractivity contribution is 5.81. The lowest BCUT2D eigenvalue weighted by Crippen LogP contribution is -2.07. The van der Waals surface area contributed by atoms with E-state index in [4.69, 9.17) is 9.84 Å². The van der Waals surface area contributed by atoms with Crippen molar-refractivity contribution in [2.24, 2.45) is 0 Å². The van der Waals surface area contributed by atoms with Gasteiger partial charge in [0.1, 0.15) is 12.4 Å². The van der Waals surface area contributed by atoms with Crippen LogP contribution < -0.4 is 4.74 Å². The highest BCUT2D eigenvalue weighted by atomic mass is 16.5. The molecule has 132 valence electrons. The second-order valence-corrected chi connectivity index (χ2v) is 7.13. The standard InChI is InChI=1S/C24H24O2/c1-16(2)23-15-17(26-14-13-25)11-12-22(23)24-20-9-5-3-7-18(20)19-8-4-6-10-21(19)24/h3-12,15-16,24-25H,13-14H2,1-2H3. The molecular formula is C24H24O2. The molecule has 1 N–H and O–H groups in total. The van der Waals surface area contributed by atoms with E-state index in [0.717, 1.165) is 5.75 Å². The van der Waals surface area contributed by atoms with Gasteiger partial charge in [0.2, 0.25) is 0 Å². The molecule has 0 amide bonds. The lowest BCUT2D eigenvalue weighted by molar-refractivity contribution is 0.201. The Morgan fingerprint density at radius 1 is 0.846 bits per heavy atom. The van der Waals surface area contributed by atoms with Crippen LogP contribution in [0.25, 0.3) is 11.1 Å². The Bertz CT molecular complexity index is 881. The molecule has 1 aliphatic carbocycles. The summed E-state index contributed by atoms with van der Waals surface area (Å²) in [6.07, 6.45) is 0. The summed E-state index contributed by atoms with van der Waals surface area (Å²) >= 11 is 0. The number of hydrogen-bond acceptors (Lipinski definition) is 2. The molecule has 1 aliphatic rings. The minimum Gasteiger partial charge on any atom is -0.491 e. The Hall–Kier alpha value is -2.58. The van der Waals surface area contributed by atoms with Gasteiger partial charge in [0, 0.05) is 5.92 Å². The van der Waals surface area contributed by atoms with Gasteiger partial charge in [-0.15, -0.1) is 0 Å². The molecule has 3 aromatic rings. The van der Waals surface area contributed by atoms with Crippen molar-refractivity contribution in [2.75, 3.05) is 13.2 Å². The summed E-state index contributed by atoms with van der Waals surface area (Å²) in [4.78, 5) is 0. The number of aliphatic hydroxyl groups excluding tert-OH is 1. The molecule has 0 spiro atoms. The zero-order valence-corrected chi connectivity index (χ0v) is 15.3. The third-order valence-electron chi connectivity index (χ3n) is 5.19. The van der Waals surface area contributed by atoms with E-state index in [1.165, 1.54) is 33.4 Å². The molecule has 0 saturated carbocycles. The van der Waals surface area contributed by atoms with E-state index in [1.54, 1.807) is 0 Å². The van der Waals surface area contributed by atoms with Crippen LogP contribution in [0.1, 0.15) is 47.9 Å². The van der Waals surface area contributed by atoms with Crippen LogP contribution in [0.5, 0.6) is 5.75 Å². The smallest absolute Gasteiger partial charge is 0.119 e. The van der Waals surface area contributed by atoms with Crippen LogP contribution in [0, 0.1) is 0 Å². The van der Waals surface area contributed by atoms with Crippen molar-refractivity contribution >= 4 is 0 Å². The second kappa shape index (κ2) is 6.97. The first-order valence-electron chi connectivity index (χ1n) is 9.26. The van der Waals surface area contributed by atoms with E-state index >= 15 is 0 Å². The molecule has 0 bridgehead atoms. The predicted molar refractivity (Wildman–Crippen MR) is 106 cm³/mol. The molecule has 0 radical (unpaired) electrons. The lowest BCUT2D eigenvalue weighted by Gasteiger charge is -2.21. The van der Waals surface area contributed by atoms with Crippen molar-refractivity contribution in [3.63, 3.8) is 0 Å². The number of benzene rings is 3. The highest BCUT2D eigenvalue weighted by Gasteiger charge is 2.31. The van der Waals surface area contributed by atoms with E-state index in [9.17, 15) is 0 Å². The lowest BCUT2D eigenvalue weighted by atomic mass is 9.83. The monoisotopic (exact) mass is 344 g/mol. The summed E-state index contributed by atoms with van der Waals surface area (Å²) in [5.41, 5.74) is 8.07. The topological polar surface area (TPSA) is 29.5 Å². The summed E-state index contributed by atoms with van der Waals surface area (Å²) in [7, 11) is 0. The quantitative estimate of drug-likeness (QED) is 0.529. The summed E-state index contributed by atoms with van der Waals surface area (Å²) < 4.78 is 5.65. The van der Waals surface area contributed by atoms with Gasteiger partial charge in [0.15, 0.2) is 0 Å². The maximum atomic E-state index is 9.03. The van der Waals surface area contributed by atoms with Gasteiger partial charge in [0.05, 0.1) is 6.61 Å². The zero-order chi connectivity index (χ0) is 18.1. The molecule has 0 aliphatic heterocycles. The van der Waals surface area contributed by atoms with Crippen molar-refractivity contribution in [1.82, 2.24) is 0 Å². The van der Waals surface area contributed by atoms with Crippen LogP contribution in [0.3, 0.4) is 0 Å². The van der Waals surface area contributed by atoms with Gasteiger partial charge < -0.3 is 9.84 Å². The van der Waals surface area contributed by atoms with E-state index < -0.39 is 0 Å². The second-order valence-electron chi connectivity index (χ2n) is 7.13. The number of rotatable bonds is 5. The summed E-state index contributed by atoms with van der Waals surface area (Å²) in [5, 5.41) is 9.03. The number of aliphatic hydroxyl groups is 1. The van der Waals surface area contributed by atoms with Crippen LogP contribution in [0.2, 0.25) is 0 Å². The van der Waals surface area contributed by atoms with Gasteiger partial charge in [0.25, 0.3) is 0 Å². The molecule has 26 heavy (non-hydrogen) atoms. The Balaban J connectivity index is 1.87. The molecule has 0 aromatic heterocycles. The average molecular weight is 344 g/mol. The Morgan fingerprint density at radius 3 is 2.04 bits per heavy atom. The van der Waals surface area contributed by atoms with Crippen LogP contribution >= 0.6 is 0 Å². The third-order valence-corrected chi connectivity index (χ3v) is 5.19. The molecule has 0 atom stereocenters. The van der Waals surface area contributed by atoms with Crippen molar-refractivity contribution in [2.45, 2.75) is 25.7 Å². The van der Waals surface area contributed by atoms with Gasteiger partial charge in [-0.25, -0.2) is 0 Å². The Morgan fingerprint density at radius 2 is 1.46 bits per heavy atom. The minimum absolute atomic E-state index is 0.0299. The van der Waals surface area contributed by atoms with Crippen molar-refractivity contribution in [3.8, 4) is 16.9 Å². The molecule has 0 unspecified atom stereocenters. The highest BCUT2D eigenvalue weighted by Crippen LogP contribution is 2.49. The predicted octanol–water partition coefficient (Wildman–Crippen LogP) is 5.34. The fraction of sp³-hybridized carbons (Fsp3) is 0.250. The third kappa shape index (κ3) is 2.81. The van der Waals surface area contributed by atoms with E-state index in [1.807, 2.05) is 6.07 Å². The first-order chi connectivity index (χ1) is 12.7. The molecule has 2 nitrogen and oxygen atoms in total. The maximum absolute atomic E-state index is 9.03. The Labute approximate surface area is 155 Å². The molecule has 3 aromatic carbocycles. The SMILES string of the molecule is CC(C)c1cc(OCCO)ccc1C1c2ccccc2-c2ccccc21. The largest absolute Gasteiger partial charge is 0.491 e. The Kier molecular flexibility index (Phi) is 4.52. The summed E-state index contributed by atoms with van der Waals surface area (Å²) in [6, 6.07) is 23.8. The molecule has 0 saturated heterocycles. The minimum atomic E-state index is 0.0299. The van der Waals surface area contributed by atoms with Crippen molar-refractivity contribution < 1.29 is 9.84 Å². The van der Waals surface area contributed by atoms with Crippen molar-refractivity contribution in [3.05, 3.63) is 89.0 Å². The van der Waals surface area contributed by atoms with E-state index in [2.05, 4.69) is 74.5 Å². The molecule has 0 fully saturated rings. The molecule has 2 heteroatoms. The maximum Gasteiger partial charge on any atom is 0.119 e. The fourth-order valence-electron chi connectivity index (χ4n) is 4.06. The number of hydrogen-bond donors (Lipinski definition) is 1. The van der Waals surface area contributed by atoms with Crippen LogP contribution in [-0.4, -0.2) is 18.3 Å². The van der Waals surface area contributed by atoms with Gasteiger partial charge >= 0.3 is 0 Å². The first kappa shape index (κ1) is 16.9. The molecule has 0 heterocycles. The number of fused-ring (bicyclic) bond motifs is 3. The van der Waals surface area contributed by atoms with Gasteiger partial charge in [-0.2, -0.15) is 0 Å². The first-order valence-corrected chi connectivity index (χ1v) is 9.26. The van der Waals surface area contributed by atoms with Crippen molar-refractivity contribution in [1.29, 1.82) is 0 Å². The molecule has 4 rings (SSSR count). The van der Waals surface area contributed by atoms with Crippen LogP contribution in [0.15, 0.2) is 66.7 Å². The van der Waals surface area contributed by atoms with Crippen LogP contribution in [-0.2, 0) is 0 Å².